The van der Waals surface area contributed by atoms with Crippen LogP contribution in [0.4, 0.5) is 5.69 Å². The van der Waals surface area contributed by atoms with E-state index in [1.807, 2.05) is 6.92 Å². The maximum Gasteiger partial charge on any atom is 0.243 e. The first-order chi connectivity index (χ1) is 9.50. The summed E-state index contributed by atoms with van der Waals surface area (Å²) in [6.07, 6.45) is 2.64. The summed E-state index contributed by atoms with van der Waals surface area (Å²) in [4.78, 5) is 0.273. The highest BCUT2D eigenvalue weighted by Crippen LogP contribution is 2.32. The lowest BCUT2D eigenvalue weighted by Gasteiger charge is -2.22. The van der Waals surface area contributed by atoms with E-state index < -0.39 is 10.0 Å². The Bertz CT molecular complexity index is 568. The van der Waals surface area contributed by atoms with E-state index in [0.29, 0.717) is 18.8 Å². The lowest BCUT2D eigenvalue weighted by molar-refractivity contribution is 0.177. The summed E-state index contributed by atoms with van der Waals surface area (Å²) in [7, 11) is -1.91. The number of methoxy groups -OCH3 is 1. The number of sulfonamides is 1. The van der Waals surface area contributed by atoms with Gasteiger partial charge in [0.1, 0.15) is 0 Å². The van der Waals surface area contributed by atoms with Crippen LogP contribution in [0, 0.1) is 0 Å². The van der Waals surface area contributed by atoms with Crippen LogP contribution in [0.5, 0.6) is 0 Å². The van der Waals surface area contributed by atoms with Crippen molar-refractivity contribution in [1.29, 1.82) is 0 Å². The van der Waals surface area contributed by atoms with E-state index in [1.54, 1.807) is 25.3 Å². The smallest absolute Gasteiger partial charge is 0.243 e. The third-order valence-corrected chi connectivity index (χ3v) is 5.52. The quantitative estimate of drug-likeness (QED) is 0.777. The van der Waals surface area contributed by atoms with E-state index >= 15 is 0 Å². The van der Waals surface area contributed by atoms with Gasteiger partial charge in [-0.3, -0.25) is 0 Å². The van der Waals surface area contributed by atoms with Crippen LogP contribution in [-0.2, 0) is 21.2 Å². The summed E-state index contributed by atoms with van der Waals surface area (Å²) in [5.41, 5.74) is 7.42. The molecule has 0 amide bonds. The number of rotatable bonds is 7. The Morgan fingerprint density at radius 1 is 1.40 bits per heavy atom. The van der Waals surface area contributed by atoms with Gasteiger partial charge in [0.05, 0.1) is 11.5 Å². The molecule has 1 aromatic rings. The summed E-state index contributed by atoms with van der Waals surface area (Å²) in [6, 6.07) is 5.12. The molecular weight excluding hydrogens is 276 g/mol. The SMILES string of the molecule is CCc1ccc(S(=O)(=O)N(CCOC)C2CC2)cc1N. The van der Waals surface area contributed by atoms with Gasteiger partial charge in [0.2, 0.25) is 10.0 Å². The van der Waals surface area contributed by atoms with E-state index in [4.69, 9.17) is 10.5 Å². The molecule has 0 aliphatic heterocycles. The van der Waals surface area contributed by atoms with Crippen LogP contribution < -0.4 is 5.73 Å². The normalized spacial score (nSPS) is 15.8. The van der Waals surface area contributed by atoms with Gasteiger partial charge in [-0.05, 0) is 37.0 Å². The van der Waals surface area contributed by atoms with Gasteiger partial charge >= 0.3 is 0 Å². The van der Waals surface area contributed by atoms with Gasteiger partial charge < -0.3 is 10.5 Å². The highest BCUT2D eigenvalue weighted by molar-refractivity contribution is 7.89. The Balaban J connectivity index is 2.29. The minimum atomic E-state index is -3.48. The first kappa shape index (κ1) is 15.3. The molecule has 1 saturated carbocycles. The molecule has 0 bridgehead atoms. The maximum atomic E-state index is 12.7. The van der Waals surface area contributed by atoms with Gasteiger partial charge in [0, 0.05) is 25.4 Å². The van der Waals surface area contributed by atoms with E-state index in [-0.39, 0.29) is 10.9 Å². The highest BCUT2D eigenvalue weighted by atomic mass is 32.2. The van der Waals surface area contributed by atoms with Crippen LogP contribution in [0.2, 0.25) is 0 Å². The average molecular weight is 298 g/mol. The predicted molar refractivity (Wildman–Crippen MR) is 79.0 cm³/mol. The first-order valence-electron chi connectivity index (χ1n) is 6.90. The van der Waals surface area contributed by atoms with Crippen LogP contribution in [0.1, 0.15) is 25.3 Å². The molecule has 1 aromatic carbocycles. The van der Waals surface area contributed by atoms with E-state index in [9.17, 15) is 8.42 Å². The number of nitrogen functional groups attached to an aromatic ring is 1. The Morgan fingerprint density at radius 3 is 2.60 bits per heavy atom. The molecule has 1 aliphatic carbocycles. The molecule has 0 saturated heterocycles. The van der Waals surface area contributed by atoms with Gasteiger partial charge in [-0.1, -0.05) is 13.0 Å². The summed E-state index contributed by atoms with van der Waals surface area (Å²) in [5.74, 6) is 0. The van der Waals surface area contributed by atoms with Crippen LogP contribution in [0.25, 0.3) is 0 Å². The Morgan fingerprint density at radius 2 is 2.10 bits per heavy atom. The summed E-state index contributed by atoms with van der Waals surface area (Å²) < 4.78 is 31.9. The van der Waals surface area contributed by atoms with Crippen molar-refractivity contribution in [3.8, 4) is 0 Å². The number of nitrogens with zero attached hydrogens (tertiary/aromatic N) is 1. The largest absolute Gasteiger partial charge is 0.398 e. The zero-order valence-electron chi connectivity index (χ0n) is 12.0. The number of aryl methyl sites for hydroxylation is 1. The number of nitrogens with two attached hydrogens (primary N) is 1. The molecule has 0 heterocycles. The number of hydrogen-bond donors (Lipinski definition) is 1. The molecule has 0 spiro atoms. The van der Waals surface area contributed by atoms with Crippen molar-refractivity contribution < 1.29 is 13.2 Å². The zero-order valence-corrected chi connectivity index (χ0v) is 12.8. The summed E-state index contributed by atoms with van der Waals surface area (Å²) >= 11 is 0. The van der Waals surface area contributed by atoms with Crippen LogP contribution in [0.3, 0.4) is 0 Å². The van der Waals surface area contributed by atoms with Crippen LogP contribution in [0.15, 0.2) is 23.1 Å². The number of hydrogen-bond acceptors (Lipinski definition) is 4. The van der Waals surface area contributed by atoms with Crippen molar-refractivity contribution in [3.05, 3.63) is 23.8 Å². The minimum absolute atomic E-state index is 0.113. The Labute approximate surface area is 120 Å². The van der Waals surface area contributed by atoms with E-state index in [0.717, 1.165) is 24.8 Å². The molecule has 1 fully saturated rings. The molecule has 6 heteroatoms. The zero-order chi connectivity index (χ0) is 14.8. The third kappa shape index (κ3) is 3.13. The number of ether oxygens (including phenoxy) is 1. The molecule has 0 unspecified atom stereocenters. The van der Waals surface area contributed by atoms with Gasteiger partial charge in [0.25, 0.3) is 0 Å². The van der Waals surface area contributed by atoms with Crippen molar-refractivity contribution in [2.75, 3.05) is 26.0 Å². The second-order valence-electron chi connectivity index (χ2n) is 5.05. The number of benzene rings is 1. The second-order valence-corrected chi connectivity index (χ2v) is 6.94. The predicted octanol–water partition coefficient (Wildman–Crippen LogP) is 1.63. The van der Waals surface area contributed by atoms with Crippen molar-refractivity contribution in [3.63, 3.8) is 0 Å². The molecule has 2 N–H and O–H groups in total. The van der Waals surface area contributed by atoms with Gasteiger partial charge in [0.15, 0.2) is 0 Å². The standard InChI is InChI=1S/C14H22N2O3S/c1-3-11-4-7-13(10-14(11)15)20(17,18)16(8-9-19-2)12-5-6-12/h4,7,10,12H,3,5-6,8-9,15H2,1-2H3. The molecule has 0 atom stereocenters. The number of anilines is 1. The van der Waals surface area contributed by atoms with E-state index in [1.165, 1.54) is 4.31 Å². The Kier molecular flexibility index (Phi) is 4.67. The van der Waals surface area contributed by atoms with Crippen LogP contribution >= 0.6 is 0 Å². The summed E-state index contributed by atoms with van der Waals surface area (Å²) in [5, 5.41) is 0. The Hall–Kier alpha value is -1.11. The van der Waals surface area contributed by atoms with Crippen molar-refractivity contribution >= 4 is 15.7 Å². The second kappa shape index (κ2) is 6.11. The monoisotopic (exact) mass is 298 g/mol. The fourth-order valence-corrected chi connectivity index (χ4v) is 3.94. The molecule has 5 nitrogen and oxygen atoms in total. The van der Waals surface area contributed by atoms with Crippen molar-refractivity contribution in [2.45, 2.75) is 37.1 Å². The topological polar surface area (TPSA) is 72.6 Å². The minimum Gasteiger partial charge on any atom is -0.398 e. The molecule has 1 aliphatic rings. The summed E-state index contributed by atoms with van der Waals surface area (Å²) in [6.45, 7) is 2.78. The van der Waals surface area contributed by atoms with Crippen molar-refractivity contribution in [1.82, 2.24) is 4.31 Å². The molecule has 0 radical (unpaired) electrons. The lowest BCUT2D eigenvalue weighted by Crippen LogP contribution is -2.35. The lowest BCUT2D eigenvalue weighted by atomic mass is 10.1. The molecule has 20 heavy (non-hydrogen) atoms. The molecule has 0 aromatic heterocycles. The fraction of sp³-hybridized carbons (Fsp3) is 0.571. The highest BCUT2D eigenvalue weighted by Gasteiger charge is 2.37. The third-order valence-electron chi connectivity index (χ3n) is 3.57. The van der Waals surface area contributed by atoms with Gasteiger partial charge in [-0.15, -0.1) is 0 Å². The van der Waals surface area contributed by atoms with Gasteiger partial charge in [-0.25, -0.2) is 8.42 Å². The van der Waals surface area contributed by atoms with Crippen LogP contribution in [-0.4, -0.2) is 39.0 Å². The van der Waals surface area contributed by atoms with Gasteiger partial charge in [-0.2, -0.15) is 4.31 Å². The maximum absolute atomic E-state index is 12.7. The first-order valence-corrected chi connectivity index (χ1v) is 8.34. The van der Waals surface area contributed by atoms with E-state index in [2.05, 4.69) is 0 Å². The molecule has 2 rings (SSSR count). The molecule has 112 valence electrons. The average Bonchev–Trinajstić information content (AvgIpc) is 3.23. The van der Waals surface area contributed by atoms with Crippen molar-refractivity contribution in [2.24, 2.45) is 0 Å². The molecular formula is C14H22N2O3S. The fourth-order valence-electron chi connectivity index (χ4n) is 2.23.